The summed E-state index contributed by atoms with van der Waals surface area (Å²) in [6.45, 7) is 15.0. The molecule has 0 radical (unpaired) electrons. The first-order valence-corrected chi connectivity index (χ1v) is 12.0. The van der Waals surface area contributed by atoms with Crippen molar-refractivity contribution in [2.45, 2.75) is 46.1 Å². The van der Waals surface area contributed by atoms with E-state index in [-0.39, 0.29) is 29.9 Å². The molecular weight excluding hydrogens is 515 g/mol. The highest BCUT2D eigenvalue weighted by molar-refractivity contribution is 14.0. The van der Waals surface area contributed by atoms with Crippen LogP contribution in [0.5, 0.6) is 0 Å². The van der Waals surface area contributed by atoms with Crippen LogP contribution in [0.1, 0.15) is 38.7 Å². The van der Waals surface area contributed by atoms with Crippen LogP contribution in [-0.2, 0) is 4.79 Å². The Balaban J connectivity index is 0.00000363. The second kappa shape index (κ2) is 13.9. The van der Waals surface area contributed by atoms with E-state index in [1.165, 1.54) is 11.3 Å². The molecule has 2 saturated heterocycles. The highest BCUT2D eigenvalue weighted by Crippen LogP contribution is 2.17. The van der Waals surface area contributed by atoms with E-state index in [4.69, 9.17) is 4.99 Å². The zero-order chi connectivity index (χ0) is 22.1. The van der Waals surface area contributed by atoms with Crippen LogP contribution in [0.25, 0.3) is 0 Å². The molecule has 0 bridgehead atoms. The molecule has 2 heterocycles. The van der Waals surface area contributed by atoms with Gasteiger partial charge in [-0.1, -0.05) is 19.1 Å². The van der Waals surface area contributed by atoms with Crippen LogP contribution in [0, 0.1) is 6.92 Å². The van der Waals surface area contributed by atoms with Crippen molar-refractivity contribution < 1.29 is 4.79 Å². The number of rotatable bonds is 8. The van der Waals surface area contributed by atoms with Crippen molar-refractivity contribution in [2.24, 2.45) is 4.99 Å². The molecule has 0 aliphatic carbocycles. The summed E-state index contributed by atoms with van der Waals surface area (Å²) in [4.78, 5) is 23.7. The molecular formula is C24H41IN6O. The first-order valence-electron chi connectivity index (χ1n) is 12.0. The molecule has 1 unspecified atom stereocenters. The van der Waals surface area contributed by atoms with Gasteiger partial charge in [-0.25, -0.2) is 0 Å². The Bertz CT molecular complexity index is 735. The largest absolute Gasteiger partial charge is 0.369 e. The minimum atomic E-state index is 0. The van der Waals surface area contributed by atoms with E-state index < -0.39 is 0 Å². The molecule has 0 aromatic heterocycles. The number of piperazine rings is 1. The number of halogens is 1. The first-order chi connectivity index (χ1) is 15.1. The number of carbonyl (C=O) groups is 1. The lowest BCUT2D eigenvalue weighted by Crippen LogP contribution is -2.47. The molecule has 1 aromatic rings. The van der Waals surface area contributed by atoms with Crippen molar-refractivity contribution in [2.75, 3.05) is 63.8 Å². The smallest absolute Gasteiger partial charge is 0.222 e. The van der Waals surface area contributed by atoms with Crippen molar-refractivity contribution >= 4 is 41.5 Å². The van der Waals surface area contributed by atoms with Gasteiger partial charge in [-0.15, -0.1) is 24.0 Å². The minimum absolute atomic E-state index is 0. The average molecular weight is 557 g/mol. The van der Waals surface area contributed by atoms with Crippen LogP contribution >= 0.6 is 24.0 Å². The quantitative estimate of drug-likeness (QED) is 0.223. The fraction of sp³-hybridized carbons (Fsp3) is 0.667. The summed E-state index contributed by atoms with van der Waals surface area (Å²) in [6.07, 6.45) is 2.63. The van der Waals surface area contributed by atoms with Gasteiger partial charge < -0.3 is 20.4 Å². The molecule has 1 atom stereocenters. The summed E-state index contributed by atoms with van der Waals surface area (Å²) in [7, 11) is 0. The molecule has 3 rings (SSSR count). The van der Waals surface area contributed by atoms with Gasteiger partial charge >= 0.3 is 0 Å². The monoisotopic (exact) mass is 556 g/mol. The van der Waals surface area contributed by atoms with Gasteiger partial charge in [0.1, 0.15) is 0 Å². The molecule has 2 N–H and O–H groups in total. The van der Waals surface area contributed by atoms with Crippen LogP contribution in [0.4, 0.5) is 5.69 Å². The predicted molar refractivity (Wildman–Crippen MR) is 144 cm³/mol. The fourth-order valence-electron chi connectivity index (χ4n) is 4.38. The average Bonchev–Trinajstić information content (AvgIpc) is 3.25. The first kappa shape index (κ1) is 26.7. The van der Waals surface area contributed by atoms with Gasteiger partial charge in [0.25, 0.3) is 0 Å². The number of anilines is 1. The van der Waals surface area contributed by atoms with Crippen LogP contribution in [0.15, 0.2) is 29.3 Å². The number of hydrogen-bond donors (Lipinski definition) is 2. The maximum Gasteiger partial charge on any atom is 0.222 e. The molecule has 0 spiro atoms. The number of aliphatic imine (C=N–C) groups is 1. The van der Waals surface area contributed by atoms with Gasteiger partial charge in [-0.05, 0) is 44.4 Å². The summed E-state index contributed by atoms with van der Waals surface area (Å²) in [5.41, 5.74) is 2.67. The summed E-state index contributed by atoms with van der Waals surface area (Å²) >= 11 is 0. The molecule has 1 aromatic carbocycles. The van der Waals surface area contributed by atoms with E-state index in [1.54, 1.807) is 0 Å². The standard InChI is InChI=1S/C24H40N6O.HI/c1-4-23(31)30-13-10-21(19-30)27-24(25-5-2)26-11-7-12-28-14-16-29(17-15-28)22-9-6-8-20(3)18-22;/h6,8-9,18,21H,4-5,7,10-17,19H2,1-3H3,(H2,25,26,27);1H. The van der Waals surface area contributed by atoms with Crippen LogP contribution < -0.4 is 15.5 Å². The van der Waals surface area contributed by atoms with Crippen molar-refractivity contribution in [1.29, 1.82) is 0 Å². The number of nitrogens with zero attached hydrogens (tertiary/aromatic N) is 4. The lowest BCUT2D eigenvalue weighted by atomic mass is 10.2. The normalized spacial score (nSPS) is 19.6. The number of benzene rings is 1. The molecule has 2 aliphatic rings. The van der Waals surface area contributed by atoms with E-state index in [0.717, 1.165) is 77.7 Å². The van der Waals surface area contributed by atoms with Gasteiger partial charge in [0.05, 0.1) is 0 Å². The maximum absolute atomic E-state index is 11.9. The maximum atomic E-state index is 11.9. The lowest BCUT2D eigenvalue weighted by molar-refractivity contribution is -0.129. The Labute approximate surface area is 211 Å². The van der Waals surface area contributed by atoms with Crippen molar-refractivity contribution in [3.8, 4) is 0 Å². The second-order valence-electron chi connectivity index (χ2n) is 8.61. The van der Waals surface area contributed by atoms with Crippen molar-refractivity contribution in [3.63, 3.8) is 0 Å². The van der Waals surface area contributed by atoms with Gasteiger partial charge in [-0.3, -0.25) is 14.7 Å². The lowest BCUT2D eigenvalue weighted by Gasteiger charge is -2.36. The summed E-state index contributed by atoms with van der Waals surface area (Å²) < 4.78 is 0. The number of guanidine groups is 1. The molecule has 32 heavy (non-hydrogen) atoms. The Kier molecular flexibility index (Phi) is 11.6. The van der Waals surface area contributed by atoms with Crippen LogP contribution in [-0.4, -0.2) is 86.6 Å². The van der Waals surface area contributed by atoms with E-state index >= 15 is 0 Å². The van der Waals surface area contributed by atoms with E-state index in [9.17, 15) is 4.79 Å². The topological polar surface area (TPSA) is 63.2 Å². The molecule has 1 amide bonds. The van der Waals surface area contributed by atoms with Crippen LogP contribution in [0.2, 0.25) is 0 Å². The number of hydrogen-bond acceptors (Lipinski definition) is 4. The highest BCUT2D eigenvalue weighted by Gasteiger charge is 2.25. The third-order valence-electron chi connectivity index (χ3n) is 6.17. The zero-order valence-electron chi connectivity index (χ0n) is 20.0. The third kappa shape index (κ3) is 8.10. The van der Waals surface area contributed by atoms with Crippen molar-refractivity contribution in [1.82, 2.24) is 20.4 Å². The highest BCUT2D eigenvalue weighted by atomic mass is 127. The summed E-state index contributed by atoms with van der Waals surface area (Å²) in [5, 5.41) is 6.87. The Hall–Kier alpha value is -1.55. The molecule has 8 heteroatoms. The van der Waals surface area contributed by atoms with Crippen molar-refractivity contribution in [3.05, 3.63) is 29.8 Å². The summed E-state index contributed by atoms with van der Waals surface area (Å²) in [6, 6.07) is 9.10. The summed E-state index contributed by atoms with van der Waals surface area (Å²) in [5.74, 6) is 1.12. The van der Waals surface area contributed by atoms with E-state index in [1.807, 2.05) is 11.8 Å². The number of carbonyl (C=O) groups excluding carboxylic acids is 1. The van der Waals surface area contributed by atoms with E-state index in [2.05, 4.69) is 58.5 Å². The Morgan fingerprint density at radius 3 is 2.62 bits per heavy atom. The number of aryl methyl sites for hydroxylation is 1. The van der Waals surface area contributed by atoms with Crippen LogP contribution in [0.3, 0.4) is 0 Å². The van der Waals surface area contributed by atoms with Gasteiger partial charge in [0, 0.05) is 77.1 Å². The number of nitrogens with one attached hydrogen (secondary N) is 2. The zero-order valence-corrected chi connectivity index (χ0v) is 22.3. The van der Waals surface area contributed by atoms with Gasteiger partial charge in [0.15, 0.2) is 5.96 Å². The fourth-order valence-corrected chi connectivity index (χ4v) is 4.38. The second-order valence-corrected chi connectivity index (χ2v) is 8.61. The number of likely N-dealkylation sites (tertiary alicyclic amines) is 1. The third-order valence-corrected chi connectivity index (χ3v) is 6.17. The predicted octanol–water partition coefficient (Wildman–Crippen LogP) is 2.69. The molecule has 0 saturated carbocycles. The minimum Gasteiger partial charge on any atom is -0.369 e. The molecule has 2 aliphatic heterocycles. The Morgan fingerprint density at radius 2 is 1.94 bits per heavy atom. The SMILES string of the molecule is CCNC(=NCCCN1CCN(c2cccc(C)c2)CC1)NC1CCN(C(=O)CC)C1.I. The van der Waals surface area contributed by atoms with Gasteiger partial charge in [-0.2, -0.15) is 0 Å². The van der Waals surface area contributed by atoms with Gasteiger partial charge in [0.2, 0.25) is 5.91 Å². The molecule has 2 fully saturated rings. The number of amides is 1. The molecule has 180 valence electrons. The van der Waals surface area contributed by atoms with E-state index in [0.29, 0.717) is 12.5 Å². The molecule has 7 nitrogen and oxygen atoms in total. The Morgan fingerprint density at radius 1 is 1.16 bits per heavy atom.